The van der Waals surface area contributed by atoms with Crippen molar-refractivity contribution in [3.05, 3.63) is 30.3 Å². The smallest absolute Gasteiger partial charge is 0.126 e. The molecule has 1 atom stereocenters. The average Bonchev–Trinajstić information content (AvgIpc) is 2.36. The molecule has 1 aromatic heterocycles. The Hall–Kier alpha value is -1.81. The number of nitrogens with one attached hydrogen (secondary N) is 1. The number of hydrogen-bond donors (Lipinski definition) is 2. The lowest BCUT2D eigenvalue weighted by Crippen LogP contribution is -2.16. The summed E-state index contributed by atoms with van der Waals surface area (Å²) < 4.78 is 5.10. The summed E-state index contributed by atoms with van der Waals surface area (Å²) in [4.78, 5) is 4.54. The Bertz CT molecular complexity index is 527. The minimum atomic E-state index is 0.457. The third kappa shape index (κ3) is 3.11. The number of ether oxygens (including phenoxy) is 1. The first-order valence-corrected chi connectivity index (χ1v) is 6.08. The number of methoxy groups -OCH3 is 1. The third-order valence-electron chi connectivity index (χ3n) is 2.80. The Balaban J connectivity index is 2.08. The number of hydrogen-bond acceptors (Lipinski definition) is 4. The fraction of sp³-hybridized carbons (Fsp3) is 0.357. The van der Waals surface area contributed by atoms with Gasteiger partial charge in [0.15, 0.2) is 0 Å². The van der Waals surface area contributed by atoms with Crippen molar-refractivity contribution in [1.29, 1.82) is 0 Å². The highest BCUT2D eigenvalue weighted by atomic mass is 16.5. The molecule has 4 heteroatoms. The topological polar surface area (TPSA) is 60.2 Å². The molecule has 0 radical (unpaired) electrons. The van der Waals surface area contributed by atoms with Crippen LogP contribution < -0.4 is 11.1 Å². The molecule has 0 aliphatic rings. The molecule has 0 amide bonds. The predicted molar refractivity (Wildman–Crippen MR) is 75.7 cm³/mol. The second-order valence-electron chi connectivity index (χ2n) is 4.59. The molecule has 4 nitrogen and oxygen atoms in total. The standard InChI is InChI=1S/C14H19N3O/c1-10(9-18-2)8-16-14-6-3-11-7-12(15)4-5-13(11)17-14/h3-7,10H,8-9,15H2,1-2H3,(H,16,17). The summed E-state index contributed by atoms with van der Waals surface area (Å²) in [7, 11) is 1.72. The van der Waals surface area contributed by atoms with Gasteiger partial charge in [0.2, 0.25) is 0 Å². The number of fused-ring (bicyclic) bond motifs is 1. The van der Waals surface area contributed by atoms with Crippen molar-refractivity contribution >= 4 is 22.4 Å². The maximum Gasteiger partial charge on any atom is 0.126 e. The van der Waals surface area contributed by atoms with Gasteiger partial charge in [-0.15, -0.1) is 0 Å². The maximum atomic E-state index is 5.74. The first-order valence-electron chi connectivity index (χ1n) is 6.08. The van der Waals surface area contributed by atoms with Crippen LogP contribution in [0.4, 0.5) is 11.5 Å². The van der Waals surface area contributed by atoms with Crippen LogP contribution in [-0.2, 0) is 4.74 Å². The summed E-state index contributed by atoms with van der Waals surface area (Å²) in [6, 6.07) is 9.74. The van der Waals surface area contributed by atoms with Crippen molar-refractivity contribution in [2.75, 3.05) is 31.3 Å². The number of rotatable bonds is 5. The molecule has 2 aromatic rings. The Labute approximate surface area is 107 Å². The number of anilines is 2. The number of pyridine rings is 1. The molecule has 0 aliphatic heterocycles. The lowest BCUT2D eigenvalue weighted by atomic mass is 10.2. The number of nitrogens with two attached hydrogens (primary N) is 1. The van der Waals surface area contributed by atoms with Gasteiger partial charge in [-0.05, 0) is 36.2 Å². The summed E-state index contributed by atoms with van der Waals surface area (Å²) in [6.07, 6.45) is 0. The molecule has 0 fully saturated rings. The molecule has 0 bridgehead atoms. The molecular weight excluding hydrogens is 226 g/mol. The van der Waals surface area contributed by atoms with Gasteiger partial charge >= 0.3 is 0 Å². The SMILES string of the molecule is COCC(C)CNc1ccc2cc(N)ccc2n1. The lowest BCUT2D eigenvalue weighted by Gasteiger charge is -2.12. The van der Waals surface area contributed by atoms with Crippen molar-refractivity contribution < 1.29 is 4.74 Å². The van der Waals surface area contributed by atoms with E-state index < -0.39 is 0 Å². The maximum absolute atomic E-state index is 5.74. The molecule has 18 heavy (non-hydrogen) atoms. The van der Waals surface area contributed by atoms with Gasteiger partial charge in [0.25, 0.3) is 0 Å². The highest BCUT2D eigenvalue weighted by Crippen LogP contribution is 2.18. The van der Waals surface area contributed by atoms with Gasteiger partial charge < -0.3 is 15.8 Å². The summed E-state index contributed by atoms with van der Waals surface area (Å²) in [5, 5.41) is 4.37. The van der Waals surface area contributed by atoms with E-state index in [1.807, 2.05) is 30.3 Å². The minimum Gasteiger partial charge on any atom is -0.399 e. The molecule has 3 N–H and O–H groups in total. The largest absolute Gasteiger partial charge is 0.399 e. The van der Waals surface area contributed by atoms with E-state index in [-0.39, 0.29) is 0 Å². The van der Waals surface area contributed by atoms with E-state index in [4.69, 9.17) is 10.5 Å². The number of aromatic nitrogens is 1. The van der Waals surface area contributed by atoms with Crippen molar-refractivity contribution in [3.63, 3.8) is 0 Å². The van der Waals surface area contributed by atoms with Crippen LogP contribution in [0.2, 0.25) is 0 Å². The molecular formula is C14H19N3O. The van der Waals surface area contributed by atoms with Gasteiger partial charge in [-0.2, -0.15) is 0 Å². The number of nitrogen functional groups attached to an aromatic ring is 1. The van der Waals surface area contributed by atoms with Crippen LogP contribution in [0.5, 0.6) is 0 Å². The van der Waals surface area contributed by atoms with Crippen LogP contribution in [0.15, 0.2) is 30.3 Å². The molecule has 0 aliphatic carbocycles. The molecule has 0 spiro atoms. The average molecular weight is 245 g/mol. The fourth-order valence-corrected chi connectivity index (χ4v) is 1.86. The van der Waals surface area contributed by atoms with Gasteiger partial charge in [-0.3, -0.25) is 0 Å². The fourth-order valence-electron chi connectivity index (χ4n) is 1.86. The van der Waals surface area contributed by atoms with Gasteiger partial charge in [0.05, 0.1) is 12.1 Å². The second-order valence-corrected chi connectivity index (χ2v) is 4.59. The van der Waals surface area contributed by atoms with E-state index in [1.54, 1.807) is 7.11 Å². The van der Waals surface area contributed by atoms with Crippen LogP contribution in [0.3, 0.4) is 0 Å². The monoisotopic (exact) mass is 245 g/mol. The quantitative estimate of drug-likeness (QED) is 0.795. The second kappa shape index (κ2) is 5.69. The van der Waals surface area contributed by atoms with Crippen molar-refractivity contribution in [3.8, 4) is 0 Å². The van der Waals surface area contributed by atoms with E-state index in [1.165, 1.54) is 0 Å². The van der Waals surface area contributed by atoms with Crippen LogP contribution in [0.25, 0.3) is 10.9 Å². The van der Waals surface area contributed by atoms with E-state index in [0.717, 1.165) is 35.6 Å². The molecule has 1 aromatic carbocycles. The number of nitrogens with zero attached hydrogens (tertiary/aromatic N) is 1. The summed E-state index contributed by atoms with van der Waals surface area (Å²) in [5.74, 6) is 1.34. The van der Waals surface area contributed by atoms with Gasteiger partial charge in [0.1, 0.15) is 5.82 Å². The predicted octanol–water partition coefficient (Wildman–Crippen LogP) is 2.51. The highest BCUT2D eigenvalue weighted by Gasteiger charge is 2.02. The molecule has 1 unspecified atom stereocenters. The van der Waals surface area contributed by atoms with E-state index in [9.17, 15) is 0 Å². The van der Waals surface area contributed by atoms with Crippen molar-refractivity contribution in [2.24, 2.45) is 5.92 Å². The van der Waals surface area contributed by atoms with Crippen LogP contribution in [0.1, 0.15) is 6.92 Å². The van der Waals surface area contributed by atoms with Gasteiger partial charge in [-0.25, -0.2) is 4.98 Å². The molecule has 0 saturated heterocycles. The summed E-state index contributed by atoms with van der Waals surface area (Å²) >= 11 is 0. The van der Waals surface area contributed by atoms with Gasteiger partial charge in [-0.1, -0.05) is 6.92 Å². The van der Waals surface area contributed by atoms with Gasteiger partial charge in [0, 0.05) is 24.7 Å². The lowest BCUT2D eigenvalue weighted by molar-refractivity contribution is 0.164. The highest BCUT2D eigenvalue weighted by molar-refractivity contribution is 5.83. The Morgan fingerprint density at radius 1 is 1.33 bits per heavy atom. The van der Waals surface area contributed by atoms with Crippen LogP contribution >= 0.6 is 0 Å². The van der Waals surface area contributed by atoms with E-state index in [2.05, 4.69) is 17.2 Å². The third-order valence-corrected chi connectivity index (χ3v) is 2.80. The zero-order valence-corrected chi connectivity index (χ0v) is 10.8. The van der Waals surface area contributed by atoms with Crippen molar-refractivity contribution in [1.82, 2.24) is 4.98 Å². The zero-order valence-electron chi connectivity index (χ0n) is 10.8. The number of benzene rings is 1. The minimum absolute atomic E-state index is 0.457. The molecule has 96 valence electrons. The van der Waals surface area contributed by atoms with E-state index >= 15 is 0 Å². The summed E-state index contributed by atoms with van der Waals surface area (Å²) in [6.45, 7) is 3.73. The molecule has 1 heterocycles. The van der Waals surface area contributed by atoms with Crippen LogP contribution in [-0.4, -0.2) is 25.2 Å². The zero-order chi connectivity index (χ0) is 13.0. The Kier molecular flexibility index (Phi) is 3.99. The van der Waals surface area contributed by atoms with Crippen molar-refractivity contribution in [2.45, 2.75) is 6.92 Å². The Morgan fingerprint density at radius 2 is 2.17 bits per heavy atom. The summed E-state index contributed by atoms with van der Waals surface area (Å²) in [5.41, 5.74) is 7.45. The molecule has 2 rings (SSSR count). The van der Waals surface area contributed by atoms with Crippen LogP contribution in [0, 0.1) is 5.92 Å². The normalized spacial score (nSPS) is 12.6. The first-order chi connectivity index (χ1) is 8.69. The first kappa shape index (κ1) is 12.6. The Morgan fingerprint density at radius 3 is 2.94 bits per heavy atom. The van der Waals surface area contributed by atoms with E-state index in [0.29, 0.717) is 5.92 Å². The molecule has 0 saturated carbocycles.